The molecule has 0 amide bonds. The smallest absolute Gasteiger partial charge is 0.148 e. The molecule has 0 saturated heterocycles. The third-order valence-electron chi connectivity index (χ3n) is 3.74. The molecule has 3 nitrogen and oxygen atoms in total. The number of halogens is 1. The zero-order valence-corrected chi connectivity index (χ0v) is 11.8. The van der Waals surface area contributed by atoms with Crippen LogP contribution in [0, 0.1) is 6.92 Å². The molecule has 0 radical (unpaired) electrons. The van der Waals surface area contributed by atoms with Crippen molar-refractivity contribution in [2.75, 3.05) is 5.32 Å². The first-order chi connectivity index (χ1) is 9.22. The van der Waals surface area contributed by atoms with E-state index in [0.29, 0.717) is 11.4 Å². The summed E-state index contributed by atoms with van der Waals surface area (Å²) in [5.41, 5.74) is 2.86. The number of alkyl halides is 1. The van der Waals surface area contributed by atoms with Gasteiger partial charge in [0.1, 0.15) is 5.82 Å². The molecule has 0 aliphatic heterocycles. The van der Waals surface area contributed by atoms with Gasteiger partial charge in [0, 0.05) is 11.4 Å². The molecule has 1 saturated carbocycles. The van der Waals surface area contributed by atoms with E-state index < -0.39 is 0 Å². The summed E-state index contributed by atoms with van der Waals surface area (Å²) in [5, 5.41) is 3.88. The number of hydrogen-bond donors (Lipinski definition) is 1. The van der Waals surface area contributed by atoms with E-state index in [-0.39, 0.29) is 0 Å². The van der Waals surface area contributed by atoms with Crippen molar-refractivity contribution in [3.8, 4) is 0 Å². The van der Waals surface area contributed by atoms with Crippen LogP contribution in [0.15, 0.2) is 24.3 Å². The molecule has 1 N–H and O–H groups in total. The molecule has 0 unspecified atom stereocenters. The van der Waals surface area contributed by atoms with Gasteiger partial charge >= 0.3 is 0 Å². The summed E-state index contributed by atoms with van der Waals surface area (Å²) in [6.45, 7) is 2.01. The number of nitrogens with zero attached hydrogens (tertiary/aromatic N) is 2. The van der Waals surface area contributed by atoms with Gasteiger partial charge in [-0.3, -0.25) is 0 Å². The monoisotopic (exact) mass is 275 g/mol. The van der Waals surface area contributed by atoms with Crippen molar-refractivity contribution in [1.82, 2.24) is 9.97 Å². The van der Waals surface area contributed by atoms with Gasteiger partial charge in [-0.2, -0.15) is 0 Å². The molecule has 1 aliphatic rings. The van der Waals surface area contributed by atoms with Crippen molar-refractivity contribution >= 4 is 28.5 Å². The van der Waals surface area contributed by atoms with E-state index in [1.165, 1.54) is 0 Å². The largest absolute Gasteiger partial charge is 0.366 e. The summed E-state index contributed by atoms with van der Waals surface area (Å²) < 4.78 is 0. The second kappa shape index (κ2) is 5.33. The van der Waals surface area contributed by atoms with Crippen LogP contribution in [0.2, 0.25) is 0 Å². The molecule has 3 rings (SSSR count). The Kier molecular flexibility index (Phi) is 3.56. The van der Waals surface area contributed by atoms with Crippen LogP contribution in [0.1, 0.15) is 31.4 Å². The first-order valence-corrected chi connectivity index (χ1v) is 7.30. The summed E-state index contributed by atoms with van der Waals surface area (Å²) >= 11 is 6.14. The van der Waals surface area contributed by atoms with Gasteiger partial charge in [0.15, 0.2) is 0 Å². The van der Waals surface area contributed by atoms with Crippen molar-refractivity contribution in [3.63, 3.8) is 0 Å². The minimum Gasteiger partial charge on any atom is -0.366 e. The van der Waals surface area contributed by atoms with Gasteiger partial charge in [-0.25, -0.2) is 9.97 Å². The van der Waals surface area contributed by atoms with Crippen molar-refractivity contribution < 1.29 is 0 Å². The molecular formula is C15H18ClN3. The maximum atomic E-state index is 6.14. The summed E-state index contributed by atoms with van der Waals surface area (Å²) in [6.07, 6.45) is 4.39. The molecule has 1 aromatic heterocycles. The Morgan fingerprint density at radius 2 is 1.68 bits per heavy atom. The number of nitrogens with one attached hydrogen (secondary N) is 1. The van der Waals surface area contributed by atoms with Crippen molar-refractivity contribution in [3.05, 3.63) is 30.0 Å². The fourth-order valence-electron chi connectivity index (χ4n) is 2.62. The predicted molar refractivity (Wildman–Crippen MR) is 79.8 cm³/mol. The molecule has 1 heterocycles. The maximum absolute atomic E-state index is 6.14. The SMILES string of the molecule is Cc1nc2ccccc2nc1NC1CCC(Cl)CC1. The lowest BCUT2D eigenvalue weighted by Crippen LogP contribution is -2.27. The van der Waals surface area contributed by atoms with E-state index in [2.05, 4.69) is 15.3 Å². The van der Waals surface area contributed by atoms with E-state index in [9.17, 15) is 0 Å². The Morgan fingerprint density at radius 1 is 1.05 bits per heavy atom. The zero-order chi connectivity index (χ0) is 13.2. The highest BCUT2D eigenvalue weighted by Gasteiger charge is 2.20. The normalized spacial score (nSPS) is 23.5. The minimum atomic E-state index is 0.349. The van der Waals surface area contributed by atoms with Crippen molar-refractivity contribution in [1.29, 1.82) is 0 Å². The van der Waals surface area contributed by atoms with Crippen LogP contribution in [0.4, 0.5) is 5.82 Å². The number of fused-ring (bicyclic) bond motifs is 1. The Morgan fingerprint density at radius 3 is 2.37 bits per heavy atom. The Labute approximate surface area is 118 Å². The Hall–Kier alpha value is -1.35. The molecule has 1 aromatic carbocycles. The lowest BCUT2D eigenvalue weighted by Gasteiger charge is -2.26. The van der Waals surface area contributed by atoms with Crippen LogP contribution >= 0.6 is 11.6 Å². The molecule has 100 valence electrons. The topological polar surface area (TPSA) is 37.8 Å². The lowest BCUT2D eigenvalue weighted by molar-refractivity contribution is 0.467. The van der Waals surface area contributed by atoms with Gasteiger partial charge in [0.2, 0.25) is 0 Å². The third kappa shape index (κ3) is 2.81. The van der Waals surface area contributed by atoms with Crippen molar-refractivity contribution in [2.24, 2.45) is 0 Å². The van der Waals surface area contributed by atoms with Crippen LogP contribution in [0.5, 0.6) is 0 Å². The molecule has 4 heteroatoms. The fourth-order valence-corrected chi connectivity index (χ4v) is 2.87. The van der Waals surface area contributed by atoms with Crippen LogP contribution < -0.4 is 5.32 Å². The summed E-state index contributed by atoms with van der Waals surface area (Å²) in [5.74, 6) is 0.914. The van der Waals surface area contributed by atoms with Gasteiger partial charge in [0.05, 0.1) is 16.7 Å². The summed E-state index contributed by atoms with van der Waals surface area (Å²) in [6, 6.07) is 8.46. The number of anilines is 1. The van der Waals surface area contributed by atoms with Gasteiger partial charge in [0.25, 0.3) is 0 Å². The van der Waals surface area contributed by atoms with E-state index >= 15 is 0 Å². The maximum Gasteiger partial charge on any atom is 0.148 e. The Balaban J connectivity index is 1.82. The minimum absolute atomic E-state index is 0.349. The van der Waals surface area contributed by atoms with E-state index in [0.717, 1.165) is 48.2 Å². The van der Waals surface area contributed by atoms with E-state index in [4.69, 9.17) is 11.6 Å². The predicted octanol–water partition coefficient (Wildman–Crippen LogP) is 3.90. The fraction of sp³-hybridized carbons (Fsp3) is 0.467. The zero-order valence-electron chi connectivity index (χ0n) is 11.1. The molecule has 1 fully saturated rings. The number of hydrogen-bond acceptors (Lipinski definition) is 3. The first-order valence-electron chi connectivity index (χ1n) is 6.86. The summed E-state index contributed by atoms with van der Waals surface area (Å²) in [4.78, 5) is 9.29. The number of para-hydroxylation sites is 2. The molecule has 19 heavy (non-hydrogen) atoms. The summed E-state index contributed by atoms with van der Waals surface area (Å²) in [7, 11) is 0. The van der Waals surface area contributed by atoms with Crippen LogP contribution in [-0.2, 0) is 0 Å². The third-order valence-corrected chi connectivity index (χ3v) is 4.18. The molecular weight excluding hydrogens is 258 g/mol. The van der Waals surface area contributed by atoms with E-state index in [1.54, 1.807) is 0 Å². The van der Waals surface area contributed by atoms with E-state index in [1.807, 2.05) is 31.2 Å². The second-order valence-corrected chi connectivity index (χ2v) is 5.86. The van der Waals surface area contributed by atoms with Crippen LogP contribution in [0.25, 0.3) is 11.0 Å². The number of rotatable bonds is 2. The molecule has 1 aliphatic carbocycles. The van der Waals surface area contributed by atoms with Gasteiger partial charge in [-0.15, -0.1) is 11.6 Å². The van der Waals surface area contributed by atoms with Crippen molar-refractivity contribution in [2.45, 2.75) is 44.0 Å². The molecule has 0 bridgehead atoms. The number of benzene rings is 1. The van der Waals surface area contributed by atoms with Gasteiger partial charge in [-0.05, 0) is 44.7 Å². The van der Waals surface area contributed by atoms with Gasteiger partial charge in [-0.1, -0.05) is 12.1 Å². The second-order valence-electron chi connectivity index (χ2n) is 5.24. The highest BCUT2D eigenvalue weighted by atomic mass is 35.5. The van der Waals surface area contributed by atoms with Gasteiger partial charge < -0.3 is 5.32 Å². The Bertz CT molecular complexity index is 577. The lowest BCUT2D eigenvalue weighted by atomic mass is 9.95. The first kappa shape index (κ1) is 12.7. The average molecular weight is 276 g/mol. The molecule has 2 aromatic rings. The standard InChI is InChI=1S/C15H18ClN3/c1-10-15(18-12-8-6-11(16)7-9-12)19-14-5-3-2-4-13(14)17-10/h2-5,11-12H,6-9H2,1H3,(H,18,19). The highest BCUT2D eigenvalue weighted by molar-refractivity contribution is 6.20. The molecule has 0 atom stereocenters. The van der Waals surface area contributed by atoms with Crippen LogP contribution in [0.3, 0.4) is 0 Å². The van der Waals surface area contributed by atoms with Crippen LogP contribution in [-0.4, -0.2) is 21.4 Å². The quantitative estimate of drug-likeness (QED) is 0.845. The number of aromatic nitrogens is 2. The number of aryl methyl sites for hydroxylation is 1. The molecule has 0 spiro atoms. The average Bonchev–Trinajstić information content (AvgIpc) is 2.42. The highest BCUT2D eigenvalue weighted by Crippen LogP contribution is 2.26.